The van der Waals surface area contributed by atoms with Crippen LogP contribution < -0.4 is 5.73 Å². The number of amides is 1. The van der Waals surface area contributed by atoms with Crippen molar-refractivity contribution in [3.05, 3.63) is 0 Å². The van der Waals surface area contributed by atoms with Crippen molar-refractivity contribution in [1.29, 1.82) is 0 Å². The van der Waals surface area contributed by atoms with E-state index in [1.165, 1.54) is 0 Å². The van der Waals surface area contributed by atoms with E-state index >= 15 is 0 Å². The van der Waals surface area contributed by atoms with E-state index in [9.17, 15) is 9.90 Å². The van der Waals surface area contributed by atoms with Crippen molar-refractivity contribution in [3.8, 4) is 0 Å². The maximum Gasteiger partial charge on any atom is 0.242 e. The lowest BCUT2D eigenvalue weighted by molar-refractivity contribution is -0.134. The minimum Gasteiger partial charge on any atom is -0.391 e. The molecule has 3 N–H and O–H groups in total. The first-order chi connectivity index (χ1) is 6.54. The number of carbonyl (C=O) groups excluding carboxylic acids is 1. The highest BCUT2D eigenvalue weighted by atomic mass is 16.3. The van der Waals surface area contributed by atoms with Crippen LogP contribution in [0.5, 0.6) is 0 Å². The van der Waals surface area contributed by atoms with Gasteiger partial charge in [0, 0.05) is 13.1 Å². The van der Waals surface area contributed by atoms with Crippen LogP contribution in [0.3, 0.4) is 0 Å². The largest absolute Gasteiger partial charge is 0.391 e. The lowest BCUT2D eigenvalue weighted by Gasteiger charge is -2.26. The van der Waals surface area contributed by atoms with Crippen LogP contribution in [0, 0.1) is 0 Å². The molecule has 0 fully saturated rings. The standard InChI is InChI=1S/C10H22N2O2/c1-4-6-12(7-5-2)10(14)9(11)8(3)13/h8-9,13H,4-7,11H2,1-3H3/t8-,9?/m1/s1. The third-order valence-corrected chi connectivity index (χ3v) is 2.10. The number of aliphatic hydroxyl groups is 1. The van der Waals surface area contributed by atoms with Crippen molar-refractivity contribution in [2.75, 3.05) is 13.1 Å². The third kappa shape index (κ3) is 4.07. The van der Waals surface area contributed by atoms with Crippen LogP contribution in [-0.2, 0) is 4.79 Å². The van der Waals surface area contributed by atoms with Gasteiger partial charge in [-0.15, -0.1) is 0 Å². The van der Waals surface area contributed by atoms with Gasteiger partial charge in [-0.05, 0) is 19.8 Å². The summed E-state index contributed by atoms with van der Waals surface area (Å²) < 4.78 is 0. The molecule has 2 atom stereocenters. The van der Waals surface area contributed by atoms with E-state index in [2.05, 4.69) is 0 Å². The summed E-state index contributed by atoms with van der Waals surface area (Å²) in [6, 6.07) is -0.784. The molecule has 0 rings (SSSR count). The zero-order valence-corrected chi connectivity index (χ0v) is 9.36. The lowest BCUT2D eigenvalue weighted by atomic mass is 10.1. The van der Waals surface area contributed by atoms with Gasteiger partial charge in [0.15, 0.2) is 0 Å². The molecule has 0 aromatic rings. The second kappa shape index (κ2) is 6.79. The third-order valence-electron chi connectivity index (χ3n) is 2.10. The molecular formula is C10H22N2O2. The first-order valence-electron chi connectivity index (χ1n) is 5.27. The SMILES string of the molecule is CCCN(CCC)C(=O)C(N)[C@@H](C)O. The van der Waals surface area contributed by atoms with E-state index in [1.807, 2.05) is 13.8 Å². The van der Waals surface area contributed by atoms with Gasteiger partial charge in [-0.3, -0.25) is 4.79 Å². The van der Waals surface area contributed by atoms with E-state index in [4.69, 9.17) is 5.73 Å². The van der Waals surface area contributed by atoms with Crippen LogP contribution in [0.15, 0.2) is 0 Å². The van der Waals surface area contributed by atoms with Crippen LogP contribution in [0.1, 0.15) is 33.6 Å². The number of rotatable bonds is 6. The number of nitrogens with zero attached hydrogens (tertiary/aromatic N) is 1. The van der Waals surface area contributed by atoms with Gasteiger partial charge in [0.25, 0.3) is 0 Å². The number of nitrogens with two attached hydrogens (primary N) is 1. The number of hydrogen-bond donors (Lipinski definition) is 2. The molecule has 0 aliphatic heterocycles. The highest BCUT2D eigenvalue weighted by Gasteiger charge is 2.23. The van der Waals surface area contributed by atoms with Crippen molar-refractivity contribution < 1.29 is 9.90 Å². The van der Waals surface area contributed by atoms with Gasteiger partial charge in [-0.25, -0.2) is 0 Å². The Kier molecular flexibility index (Phi) is 6.49. The number of aliphatic hydroxyl groups excluding tert-OH is 1. The van der Waals surface area contributed by atoms with Gasteiger partial charge in [-0.1, -0.05) is 13.8 Å². The molecule has 0 radical (unpaired) electrons. The Hall–Kier alpha value is -0.610. The summed E-state index contributed by atoms with van der Waals surface area (Å²) in [5, 5.41) is 9.20. The summed E-state index contributed by atoms with van der Waals surface area (Å²) in [5.41, 5.74) is 5.58. The summed E-state index contributed by atoms with van der Waals surface area (Å²) in [7, 11) is 0. The number of hydrogen-bond acceptors (Lipinski definition) is 3. The summed E-state index contributed by atoms with van der Waals surface area (Å²) >= 11 is 0. The van der Waals surface area contributed by atoms with E-state index in [0.29, 0.717) is 13.1 Å². The zero-order valence-electron chi connectivity index (χ0n) is 9.36. The highest BCUT2D eigenvalue weighted by molar-refractivity contribution is 5.82. The molecule has 0 heterocycles. The first-order valence-corrected chi connectivity index (χ1v) is 5.27. The Bertz CT molecular complexity index is 166. The van der Waals surface area contributed by atoms with Gasteiger partial charge in [0.2, 0.25) is 5.91 Å². The summed E-state index contributed by atoms with van der Waals surface area (Å²) in [5.74, 6) is -0.149. The van der Waals surface area contributed by atoms with E-state index in [-0.39, 0.29) is 5.91 Å². The molecular weight excluding hydrogens is 180 g/mol. The topological polar surface area (TPSA) is 66.6 Å². The highest BCUT2D eigenvalue weighted by Crippen LogP contribution is 2.00. The molecule has 0 aliphatic rings. The predicted octanol–water partition coefficient (Wildman–Crippen LogP) is 0.343. The normalized spacial score (nSPS) is 14.9. The van der Waals surface area contributed by atoms with Gasteiger partial charge in [-0.2, -0.15) is 0 Å². The molecule has 4 heteroatoms. The summed E-state index contributed by atoms with van der Waals surface area (Å²) in [6.07, 6.45) is 1.05. The molecule has 0 aliphatic carbocycles. The quantitative estimate of drug-likeness (QED) is 0.653. The van der Waals surface area contributed by atoms with Crippen LogP contribution in [0.25, 0.3) is 0 Å². The Morgan fingerprint density at radius 3 is 2.07 bits per heavy atom. The van der Waals surface area contributed by atoms with E-state index in [0.717, 1.165) is 12.8 Å². The van der Waals surface area contributed by atoms with Crippen LogP contribution >= 0.6 is 0 Å². The van der Waals surface area contributed by atoms with Crippen molar-refractivity contribution in [2.45, 2.75) is 45.8 Å². The average Bonchev–Trinajstić information content (AvgIpc) is 2.15. The molecule has 1 amide bonds. The Labute approximate surface area is 86.1 Å². The van der Waals surface area contributed by atoms with E-state index < -0.39 is 12.1 Å². The fourth-order valence-electron chi connectivity index (χ4n) is 1.29. The molecule has 14 heavy (non-hydrogen) atoms. The Morgan fingerprint density at radius 2 is 1.79 bits per heavy atom. The van der Waals surface area contributed by atoms with Crippen LogP contribution in [-0.4, -0.2) is 41.1 Å². The average molecular weight is 202 g/mol. The van der Waals surface area contributed by atoms with Crippen molar-refractivity contribution >= 4 is 5.91 Å². The van der Waals surface area contributed by atoms with Gasteiger partial charge in [0.05, 0.1) is 6.10 Å². The maximum absolute atomic E-state index is 11.7. The molecule has 84 valence electrons. The minimum atomic E-state index is -0.784. The Morgan fingerprint density at radius 1 is 1.36 bits per heavy atom. The van der Waals surface area contributed by atoms with Crippen LogP contribution in [0.4, 0.5) is 0 Å². The van der Waals surface area contributed by atoms with E-state index in [1.54, 1.807) is 11.8 Å². The van der Waals surface area contributed by atoms with Crippen molar-refractivity contribution in [2.24, 2.45) is 5.73 Å². The molecule has 0 aromatic carbocycles. The molecule has 0 saturated heterocycles. The summed E-state index contributed by atoms with van der Waals surface area (Å²) in [6.45, 7) is 7.01. The zero-order chi connectivity index (χ0) is 11.1. The molecule has 0 saturated carbocycles. The van der Waals surface area contributed by atoms with Crippen molar-refractivity contribution in [1.82, 2.24) is 4.90 Å². The van der Waals surface area contributed by atoms with Gasteiger partial charge < -0.3 is 15.7 Å². The molecule has 0 aromatic heterocycles. The Balaban J connectivity index is 4.26. The minimum absolute atomic E-state index is 0.149. The fraction of sp³-hybridized carbons (Fsp3) is 0.900. The van der Waals surface area contributed by atoms with Gasteiger partial charge in [0.1, 0.15) is 6.04 Å². The molecule has 0 spiro atoms. The molecule has 0 bridgehead atoms. The maximum atomic E-state index is 11.7. The first kappa shape index (κ1) is 13.4. The molecule has 4 nitrogen and oxygen atoms in total. The predicted molar refractivity (Wildman–Crippen MR) is 56.8 cm³/mol. The van der Waals surface area contributed by atoms with Crippen molar-refractivity contribution in [3.63, 3.8) is 0 Å². The summed E-state index contributed by atoms with van der Waals surface area (Å²) in [4.78, 5) is 13.4. The lowest BCUT2D eigenvalue weighted by Crippen LogP contribution is -2.49. The second-order valence-electron chi connectivity index (χ2n) is 3.59. The fourth-order valence-corrected chi connectivity index (χ4v) is 1.29. The molecule has 1 unspecified atom stereocenters. The smallest absolute Gasteiger partial charge is 0.242 e. The van der Waals surface area contributed by atoms with Gasteiger partial charge >= 0.3 is 0 Å². The number of carbonyl (C=O) groups is 1. The van der Waals surface area contributed by atoms with Crippen LogP contribution in [0.2, 0.25) is 0 Å². The second-order valence-corrected chi connectivity index (χ2v) is 3.59. The monoisotopic (exact) mass is 202 g/mol.